The predicted octanol–water partition coefficient (Wildman–Crippen LogP) is 2.17. The van der Waals surface area contributed by atoms with Crippen LogP contribution >= 0.6 is 0 Å². The van der Waals surface area contributed by atoms with Crippen LogP contribution in [0.1, 0.15) is 27.9 Å². The number of pyridine rings is 1. The fourth-order valence-corrected chi connectivity index (χ4v) is 3.10. The summed E-state index contributed by atoms with van der Waals surface area (Å²) in [6, 6.07) is 10.4. The molecule has 1 N–H and O–H groups in total. The average Bonchev–Trinajstić information content (AvgIpc) is 2.97. The van der Waals surface area contributed by atoms with Crippen molar-refractivity contribution in [2.45, 2.75) is 32.7 Å². The molecule has 0 fully saturated rings. The largest absolute Gasteiger partial charge is 0.392 e. The minimum absolute atomic E-state index is 0.102. The number of hydrogen-bond donors (Lipinski definition) is 1. The zero-order valence-corrected chi connectivity index (χ0v) is 11.9. The van der Waals surface area contributed by atoms with E-state index in [-0.39, 0.29) is 6.61 Å². The zero-order valence-electron chi connectivity index (χ0n) is 11.9. The molecule has 0 aliphatic carbocycles. The van der Waals surface area contributed by atoms with Gasteiger partial charge in [0.15, 0.2) is 0 Å². The molecule has 108 valence electrons. The quantitative estimate of drug-likeness (QED) is 0.917. The minimum Gasteiger partial charge on any atom is -0.392 e. The van der Waals surface area contributed by atoms with E-state index >= 15 is 0 Å². The van der Waals surface area contributed by atoms with E-state index < -0.39 is 0 Å². The van der Waals surface area contributed by atoms with Crippen LogP contribution in [-0.2, 0) is 37.5 Å². The Bertz CT molecular complexity index is 684. The Kier molecular flexibility index (Phi) is 3.13. The van der Waals surface area contributed by atoms with Crippen molar-refractivity contribution in [3.63, 3.8) is 0 Å². The minimum atomic E-state index is 0.102. The molecule has 0 bridgehead atoms. The molecule has 4 rings (SSSR count). The van der Waals surface area contributed by atoms with Gasteiger partial charge in [0.2, 0.25) is 0 Å². The van der Waals surface area contributed by atoms with Crippen LogP contribution < -0.4 is 4.90 Å². The average molecular weight is 282 g/mol. The van der Waals surface area contributed by atoms with E-state index in [1.165, 1.54) is 22.4 Å². The molecule has 0 radical (unpaired) electrons. The lowest BCUT2D eigenvalue weighted by Gasteiger charge is -2.21. The Morgan fingerprint density at radius 1 is 1.10 bits per heavy atom. The number of benzene rings is 1. The van der Waals surface area contributed by atoms with Crippen molar-refractivity contribution >= 4 is 5.82 Å². The molecule has 1 aromatic carbocycles. The Morgan fingerprint density at radius 2 is 1.95 bits per heavy atom. The summed E-state index contributed by atoms with van der Waals surface area (Å²) in [5, 5.41) is 9.25. The number of nitrogens with zero attached hydrogens (tertiary/aromatic N) is 2. The smallest absolute Gasteiger partial charge is 0.129 e. The first-order valence-corrected chi connectivity index (χ1v) is 7.36. The summed E-state index contributed by atoms with van der Waals surface area (Å²) in [7, 11) is 0. The van der Waals surface area contributed by atoms with Crippen molar-refractivity contribution in [2.24, 2.45) is 0 Å². The number of rotatable bonds is 2. The Balaban J connectivity index is 1.61. The van der Waals surface area contributed by atoms with E-state index in [9.17, 15) is 5.11 Å². The van der Waals surface area contributed by atoms with Gasteiger partial charge in [0, 0.05) is 19.5 Å². The van der Waals surface area contributed by atoms with E-state index in [2.05, 4.69) is 29.2 Å². The Labute approximate surface area is 124 Å². The molecule has 0 atom stereocenters. The summed E-state index contributed by atoms with van der Waals surface area (Å²) in [6.45, 7) is 3.31. The third-order valence-electron chi connectivity index (χ3n) is 4.29. The lowest BCUT2D eigenvalue weighted by Crippen LogP contribution is -2.19. The standard InChI is InChI=1S/C17H18N2O2/c20-10-12-1-2-13-8-19(9-15(13)7-12)17-4-3-14-11-21-6-5-16(14)18-17/h1-4,7,20H,5-6,8-11H2. The topological polar surface area (TPSA) is 45.6 Å². The number of aromatic nitrogens is 1. The van der Waals surface area contributed by atoms with Crippen molar-refractivity contribution in [3.8, 4) is 0 Å². The highest BCUT2D eigenvalue weighted by Crippen LogP contribution is 2.29. The summed E-state index contributed by atoms with van der Waals surface area (Å²) in [6.07, 6.45) is 0.901. The summed E-state index contributed by atoms with van der Waals surface area (Å²) in [4.78, 5) is 7.11. The number of fused-ring (bicyclic) bond motifs is 2. The van der Waals surface area contributed by atoms with Gasteiger partial charge in [-0.2, -0.15) is 0 Å². The number of anilines is 1. The van der Waals surface area contributed by atoms with E-state index in [4.69, 9.17) is 9.72 Å². The van der Waals surface area contributed by atoms with Crippen LogP contribution in [0.3, 0.4) is 0 Å². The molecular formula is C17H18N2O2. The number of hydrogen-bond acceptors (Lipinski definition) is 4. The SMILES string of the molecule is OCc1ccc2c(c1)CN(c1ccc3c(n1)CCOC3)C2. The van der Waals surface area contributed by atoms with Crippen molar-refractivity contribution in [1.29, 1.82) is 0 Å². The number of aliphatic hydroxyl groups is 1. The summed E-state index contributed by atoms with van der Waals surface area (Å²) >= 11 is 0. The van der Waals surface area contributed by atoms with Crippen molar-refractivity contribution in [1.82, 2.24) is 4.98 Å². The van der Waals surface area contributed by atoms with Gasteiger partial charge in [-0.05, 0) is 28.3 Å². The second kappa shape index (κ2) is 5.13. The van der Waals surface area contributed by atoms with Crippen molar-refractivity contribution in [2.75, 3.05) is 11.5 Å². The molecule has 0 saturated heterocycles. The predicted molar refractivity (Wildman–Crippen MR) is 79.8 cm³/mol. The van der Waals surface area contributed by atoms with Crippen molar-refractivity contribution in [3.05, 3.63) is 58.3 Å². The van der Waals surface area contributed by atoms with E-state index in [0.717, 1.165) is 37.5 Å². The van der Waals surface area contributed by atoms with Crippen LogP contribution in [0.4, 0.5) is 5.82 Å². The van der Waals surface area contributed by atoms with Crippen LogP contribution in [0.25, 0.3) is 0 Å². The molecular weight excluding hydrogens is 264 g/mol. The van der Waals surface area contributed by atoms with E-state index in [1.54, 1.807) is 0 Å². The Morgan fingerprint density at radius 3 is 2.86 bits per heavy atom. The lowest BCUT2D eigenvalue weighted by atomic mass is 10.1. The van der Waals surface area contributed by atoms with Gasteiger partial charge in [-0.3, -0.25) is 0 Å². The molecule has 2 aliphatic heterocycles. The third-order valence-corrected chi connectivity index (χ3v) is 4.29. The maximum absolute atomic E-state index is 9.25. The third kappa shape index (κ3) is 2.30. The van der Waals surface area contributed by atoms with Gasteiger partial charge >= 0.3 is 0 Å². The van der Waals surface area contributed by atoms with Crippen LogP contribution in [-0.4, -0.2) is 16.7 Å². The molecule has 0 spiro atoms. The first-order chi connectivity index (χ1) is 10.3. The highest BCUT2D eigenvalue weighted by Gasteiger charge is 2.21. The van der Waals surface area contributed by atoms with Gasteiger partial charge in [-0.25, -0.2) is 4.98 Å². The maximum Gasteiger partial charge on any atom is 0.129 e. The molecule has 3 heterocycles. The molecule has 4 heteroatoms. The van der Waals surface area contributed by atoms with Gasteiger partial charge in [0.1, 0.15) is 5.82 Å². The van der Waals surface area contributed by atoms with Crippen LogP contribution in [0.2, 0.25) is 0 Å². The fourth-order valence-electron chi connectivity index (χ4n) is 3.10. The maximum atomic E-state index is 9.25. The number of ether oxygens (including phenoxy) is 1. The van der Waals surface area contributed by atoms with Gasteiger partial charge in [-0.15, -0.1) is 0 Å². The molecule has 1 aromatic heterocycles. The molecule has 0 saturated carbocycles. The monoisotopic (exact) mass is 282 g/mol. The summed E-state index contributed by atoms with van der Waals surface area (Å²) in [5.41, 5.74) is 5.99. The van der Waals surface area contributed by atoms with Gasteiger partial charge < -0.3 is 14.7 Å². The second-order valence-electron chi connectivity index (χ2n) is 5.70. The second-order valence-corrected chi connectivity index (χ2v) is 5.70. The van der Waals surface area contributed by atoms with Crippen LogP contribution in [0.15, 0.2) is 30.3 Å². The molecule has 0 amide bonds. The van der Waals surface area contributed by atoms with Gasteiger partial charge in [-0.1, -0.05) is 24.3 Å². The molecule has 2 aliphatic rings. The first-order valence-electron chi connectivity index (χ1n) is 7.36. The van der Waals surface area contributed by atoms with Crippen LogP contribution in [0.5, 0.6) is 0 Å². The van der Waals surface area contributed by atoms with E-state index in [1.807, 2.05) is 6.07 Å². The van der Waals surface area contributed by atoms with E-state index in [0.29, 0.717) is 6.61 Å². The highest BCUT2D eigenvalue weighted by atomic mass is 16.5. The number of aliphatic hydroxyl groups excluding tert-OH is 1. The molecule has 2 aromatic rings. The van der Waals surface area contributed by atoms with Crippen LogP contribution in [0, 0.1) is 0 Å². The molecule has 4 nitrogen and oxygen atoms in total. The fraction of sp³-hybridized carbons (Fsp3) is 0.353. The Hall–Kier alpha value is -1.91. The van der Waals surface area contributed by atoms with Gasteiger partial charge in [0.05, 0.1) is 25.5 Å². The highest BCUT2D eigenvalue weighted by molar-refractivity contribution is 5.49. The van der Waals surface area contributed by atoms with Crippen molar-refractivity contribution < 1.29 is 9.84 Å². The molecule has 0 unspecified atom stereocenters. The molecule has 21 heavy (non-hydrogen) atoms. The summed E-state index contributed by atoms with van der Waals surface area (Å²) in [5.74, 6) is 1.04. The summed E-state index contributed by atoms with van der Waals surface area (Å²) < 4.78 is 5.46. The first kappa shape index (κ1) is 12.8. The zero-order chi connectivity index (χ0) is 14.2. The normalized spacial score (nSPS) is 16.7. The lowest BCUT2D eigenvalue weighted by molar-refractivity contribution is 0.109. The van der Waals surface area contributed by atoms with Gasteiger partial charge in [0.25, 0.3) is 0 Å².